The first-order chi connectivity index (χ1) is 20.1. The van der Waals surface area contributed by atoms with E-state index in [1.54, 1.807) is 54.9 Å². The lowest BCUT2D eigenvalue weighted by Crippen LogP contribution is -2.25. The van der Waals surface area contributed by atoms with Gasteiger partial charge in [-0.2, -0.15) is 0 Å². The number of pyridine rings is 2. The highest BCUT2D eigenvalue weighted by atomic mass is 16.2. The van der Waals surface area contributed by atoms with E-state index in [-0.39, 0.29) is 23.1 Å². The molecule has 0 spiro atoms. The summed E-state index contributed by atoms with van der Waals surface area (Å²) in [7, 11) is 0. The van der Waals surface area contributed by atoms with Gasteiger partial charge in [0.05, 0.1) is 33.5 Å². The van der Waals surface area contributed by atoms with Crippen LogP contribution in [0.4, 0.5) is 5.69 Å². The zero-order valence-corrected chi connectivity index (χ0v) is 22.4. The van der Waals surface area contributed by atoms with Crippen molar-refractivity contribution in [3.63, 3.8) is 0 Å². The second-order valence-electron chi connectivity index (χ2n) is 10.0. The van der Waals surface area contributed by atoms with E-state index in [2.05, 4.69) is 25.2 Å². The normalized spacial score (nSPS) is 12.0. The number of carbonyl (C=O) groups is 2. The number of aromatic nitrogens is 4. The number of fused-ring (bicyclic) bond motifs is 4. The number of nitrogens with zero attached hydrogens (tertiary/aromatic N) is 5. The summed E-state index contributed by atoms with van der Waals surface area (Å²) in [6.45, 7) is 2.19. The van der Waals surface area contributed by atoms with Gasteiger partial charge < -0.3 is 5.32 Å². The van der Waals surface area contributed by atoms with Crippen LogP contribution in [0.25, 0.3) is 16.6 Å². The number of rotatable bonds is 10. The molecule has 0 saturated carbocycles. The van der Waals surface area contributed by atoms with Gasteiger partial charge in [0.25, 0.3) is 5.56 Å². The molecule has 6 rings (SSSR count). The molecule has 0 fully saturated rings. The third-order valence-corrected chi connectivity index (χ3v) is 7.10. The minimum absolute atomic E-state index is 0.0909. The number of benzene rings is 2. The van der Waals surface area contributed by atoms with Crippen LogP contribution >= 0.6 is 0 Å². The van der Waals surface area contributed by atoms with Crippen LogP contribution in [0.2, 0.25) is 0 Å². The van der Waals surface area contributed by atoms with Gasteiger partial charge in [0, 0.05) is 37.6 Å². The molecular weight excluding hydrogens is 516 g/mol. The van der Waals surface area contributed by atoms with Crippen molar-refractivity contribution in [1.82, 2.24) is 24.4 Å². The van der Waals surface area contributed by atoms with Crippen molar-refractivity contribution >= 4 is 28.3 Å². The van der Waals surface area contributed by atoms with Crippen LogP contribution in [-0.2, 0) is 17.9 Å². The van der Waals surface area contributed by atoms with E-state index in [1.807, 2.05) is 36.4 Å². The Morgan fingerprint density at radius 1 is 0.829 bits per heavy atom. The maximum Gasteiger partial charge on any atom is 0.266 e. The van der Waals surface area contributed by atoms with Crippen molar-refractivity contribution in [3.05, 3.63) is 124 Å². The number of hydrogen-bond acceptors (Lipinski definition) is 7. The maximum atomic E-state index is 13.1. The molecule has 0 atom stereocenters. The van der Waals surface area contributed by atoms with Gasteiger partial charge in [-0.05, 0) is 74.0 Å². The summed E-state index contributed by atoms with van der Waals surface area (Å²) in [6, 6.07) is 23.8. The molecule has 9 heteroatoms. The zero-order valence-electron chi connectivity index (χ0n) is 22.4. The van der Waals surface area contributed by atoms with E-state index in [0.29, 0.717) is 53.8 Å². The SMILES string of the molecule is O=C(CCCCN(Cc1ccccn1)Cc1ccccn1)Nc1ccc2c(c1)C(=O)c1nc3ccccc3c(=O)n1-2. The minimum Gasteiger partial charge on any atom is -0.326 e. The molecule has 2 aromatic carbocycles. The molecule has 0 saturated heterocycles. The number of unbranched alkanes of at least 4 members (excludes halogenated alkanes) is 1. The average Bonchev–Trinajstić information content (AvgIpc) is 3.27. The zero-order chi connectivity index (χ0) is 28.2. The number of para-hydroxylation sites is 1. The van der Waals surface area contributed by atoms with Crippen molar-refractivity contribution in [2.24, 2.45) is 0 Å². The molecule has 41 heavy (non-hydrogen) atoms. The molecule has 3 aromatic heterocycles. The molecule has 0 aliphatic carbocycles. The summed E-state index contributed by atoms with van der Waals surface area (Å²) in [6.07, 6.45) is 5.46. The second kappa shape index (κ2) is 11.6. The Morgan fingerprint density at radius 3 is 2.24 bits per heavy atom. The number of nitrogens with one attached hydrogen (secondary N) is 1. The third-order valence-electron chi connectivity index (χ3n) is 7.10. The topological polar surface area (TPSA) is 110 Å². The monoisotopic (exact) mass is 544 g/mol. The fourth-order valence-corrected chi connectivity index (χ4v) is 5.12. The van der Waals surface area contributed by atoms with Crippen LogP contribution in [-0.4, -0.2) is 42.7 Å². The van der Waals surface area contributed by atoms with E-state index in [1.165, 1.54) is 4.57 Å². The Hall–Kier alpha value is -5.02. The standard InChI is InChI=1S/C32H28N6O3/c39-29(13-5-8-18-37(20-23-9-3-6-16-33-23)21-24-10-4-7-17-34-24)35-22-14-15-28-26(19-22)30(40)31-36-27-12-2-1-11-25(27)32(41)38(28)31/h1-4,6-7,9-12,14-17,19H,5,8,13,18,20-21H2,(H,35,39). The first-order valence-corrected chi connectivity index (χ1v) is 13.6. The van der Waals surface area contributed by atoms with Crippen molar-refractivity contribution in [2.75, 3.05) is 11.9 Å². The Labute approximate surface area is 236 Å². The Balaban J connectivity index is 1.07. The molecule has 0 radical (unpaired) electrons. The van der Waals surface area contributed by atoms with Gasteiger partial charge in [-0.1, -0.05) is 24.3 Å². The van der Waals surface area contributed by atoms with Crippen molar-refractivity contribution in [1.29, 1.82) is 0 Å². The lowest BCUT2D eigenvalue weighted by Gasteiger charge is -2.21. The molecule has 1 aliphatic heterocycles. The average molecular weight is 545 g/mol. The molecule has 1 amide bonds. The maximum absolute atomic E-state index is 13.1. The van der Waals surface area contributed by atoms with Crippen LogP contribution in [0.3, 0.4) is 0 Å². The molecule has 0 bridgehead atoms. The second-order valence-corrected chi connectivity index (χ2v) is 10.0. The molecular formula is C32H28N6O3. The first kappa shape index (κ1) is 26.2. The van der Waals surface area contributed by atoms with Crippen LogP contribution in [0.15, 0.2) is 96.1 Å². The van der Waals surface area contributed by atoms with E-state index < -0.39 is 0 Å². The van der Waals surface area contributed by atoms with Crippen LogP contribution in [0, 0.1) is 0 Å². The fourth-order valence-electron chi connectivity index (χ4n) is 5.12. The van der Waals surface area contributed by atoms with Crippen molar-refractivity contribution in [2.45, 2.75) is 32.4 Å². The summed E-state index contributed by atoms with van der Waals surface area (Å²) < 4.78 is 1.35. The lowest BCUT2D eigenvalue weighted by molar-refractivity contribution is -0.116. The summed E-state index contributed by atoms with van der Waals surface area (Å²) in [5, 5.41) is 3.35. The minimum atomic E-state index is -0.333. The number of carbonyl (C=O) groups excluding carboxylic acids is 2. The highest BCUT2D eigenvalue weighted by Crippen LogP contribution is 2.29. The molecule has 1 aliphatic rings. The van der Waals surface area contributed by atoms with E-state index in [0.717, 1.165) is 24.4 Å². The fraction of sp³-hybridized carbons (Fsp3) is 0.188. The van der Waals surface area contributed by atoms with E-state index in [4.69, 9.17) is 0 Å². The Kier molecular flexibility index (Phi) is 7.42. The van der Waals surface area contributed by atoms with Gasteiger partial charge >= 0.3 is 0 Å². The quantitative estimate of drug-likeness (QED) is 0.252. The number of ketones is 1. The molecule has 5 aromatic rings. The third kappa shape index (κ3) is 5.66. The molecule has 0 unspecified atom stereocenters. The molecule has 9 nitrogen and oxygen atoms in total. The van der Waals surface area contributed by atoms with Crippen LogP contribution in [0.1, 0.15) is 46.8 Å². The predicted molar refractivity (Wildman–Crippen MR) is 156 cm³/mol. The van der Waals surface area contributed by atoms with E-state index in [9.17, 15) is 14.4 Å². The van der Waals surface area contributed by atoms with Gasteiger partial charge in [-0.25, -0.2) is 4.98 Å². The number of anilines is 1. The highest BCUT2D eigenvalue weighted by Gasteiger charge is 2.30. The van der Waals surface area contributed by atoms with Gasteiger partial charge in [0.2, 0.25) is 11.7 Å². The summed E-state index contributed by atoms with van der Waals surface area (Å²) in [5.74, 6) is -0.372. The Bertz CT molecular complexity index is 1750. The van der Waals surface area contributed by atoms with Gasteiger partial charge in [-0.15, -0.1) is 0 Å². The predicted octanol–water partition coefficient (Wildman–Crippen LogP) is 4.53. The van der Waals surface area contributed by atoms with Crippen molar-refractivity contribution < 1.29 is 9.59 Å². The smallest absolute Gasteiger partial charge is 0.266 e. The summed E-state index contributed by atoms with van der Waals surface area (Å²) >= 11 is 0. The van der Waals surface area contributed by atoms with Gasteiger partial charge in [0.15, 0.2) is 5.82 Å². The largest absolute Gasteiger partial charge is 0.326 e. The van der Waals surface area contributed by atoms with Crippen LogP contribution < -0.4 is 10.9 Å². The van der Waals surface area contributed by atoms with Gasteiger partial charge in [-0.3, -0.25) is 33.8 Å². The highest BCUT2D eigenvalue weighted by molar-refractivity contribution is 6.14. The Morgan fingerprint density at radius 2 is 1.54 bits per heavy atom. The summed E-state index contributed by atoms with van der Waals surface area (Å²) in [5.41, 5.74) is 3.51. The molecule has 1 N–H and O–H groups in total. The van der Waals surface area contributed by atoms with Gasteiger partial charge in [0.1, 0.15) is 0 Å². The lowest BCUT2D eigenvalue weighted by atomic mass is 10.1. The number of amides is 1. The first-order valence-electron chi connectivity index (χ1n) is 13.6. The molecule has 4 heterocycles. The molecule has 204 valence electrons. The van der Waals surface area contributed by atoms with E-state index >= 15 is 0 Å². The summed E-state index contributed by atoms with van der Waals surface area (Å²) in [4.78, 5) is 54.6. The number of hydrogen-bond donors (Lipinski definition) is 1. The van der Waals surface area contributed by atoms with Crippen molar-refractivity contribution in [3.8, 4) is 5.69 Å². The van der Waals surface area contributed by atoms with Crippen LogP contribution in [0.5, 0.6) is 0 Å².